The molecule has 1 rings (SSSR count). The lowest BCUT2D eigenvalue weighted by Gasteiger charge is -1.90. The maximum Gasteiger partial charge on any atom is 0.331 e. The fourth-order valence-electron chi connectivity index (χ4n) is 0.358. The number of thioether (sulfide) groups is 1. The minimum atomic E-state index is -0.0995. The minimum Gasteiger partial charge on any atom is -0.478 e. The number of hydrogen-bond donors (Lipinski definition) is 3. The standard InChI is InChI=1S/C3H6N2O2S/c1-8-2-3(6)7-5-4-2/h4-6H,1H3. The molecule has 0 unspecified atom stereocenters. The normalized spacial score (nSPS) is 18.1. The molecular formula is C3H6N2O2S. The van der Waals surface area contributed by atoms with E-state index < -0.39 is 0 Å². The summed E-state index contributed by atoms with van der Waals surface area (Å²) in [6.45, 7) is 0. The molecule has 46 valence electrons. The summed E-state index contributed by atoms with van der Waals surface area (Å²) in [7, 11) is 0. The molecule has 0 aromatic carbocycles. The topological polar surface area (TPSA) is 53.5 Å². The number of hydrogen-bond acceptors (Lipinski definition) is 5. The van der Waals surface area contributed by atoms with E-state index in [1.54, 1.807) is 0 Å². The Morgan fingerprint density at radius 1 is 1.75 bits per heavy atom. The van der Waals surface area contributed by atoms with Gasteiger partial charge in [0.15, 0.2) is 5.03 Å². The van der Waals surface area contributed by atoms with Crippen LogP contribution in [-0.4, -0.2) is 11.4 Å². The van der Waals surface area contributed by atoms with Crippen molar-refractivity contribution in [3.63, 3.8) is 0 Å². The second-order valence-corrected chi connectivity index (χ2v) is 1.98. The van der Waals surface area contributed by atoms with E-state index >= 15 is 0 Å². The molecule has 1 heterocycles. The molecule has 0 bridgehead atoms. The Hall–Kier alpha value is -0.550. The highest BCUT2D eigenvalue weighted by Gasteiger charge is 2.11. The first kappa shape index (κ1) is 5.58. The Morgan fingerprint density at radius 3 is 2.75 bits per heavy atom. The van der Waals surface area contributed by atoms with Gasteiger partial charge in [0.1, 0.15) is 0 Å². The van der Waals surface area contributed by atoms with Crippen LogP contribution in [0.15, 0.2) is 11.0 Å². The highest BCUT2D eigenvalue weighted by Crippen LogP contribution is 2.13. The molecule has 8 heavy (non-hydrogen) atoms. The predicted octanol–water partition coefficient (Wildman–Crippen LogP) is 0.0734. The van der Waals surface area contributed by atoms with Crippen LogP contribution in [0.4, 0.5) is 0 Å². The first-order valence-corrected chi connectivity index (χ1v) is 3.22. The Morgan fingerprint density at radius 2 is 2.50 bits per heavy atom. The number of nitrogens with one attached hydrogen (secondary N) is 2. The lowest BCUT2D eigenvalue weighted by atomic mass is 10.9. The van der Waals surface area contributed by atoms with Gasteiger partial charge in [0.25, 0.3) is 0 Å². The molecule has 3 N–H and O–H groups in total. The molecule has 0 aromatic heterocycles. The number of rotatable bonds is 1. The molecule has 0 aromatic rings. The summed E-state index contributed by atoms with van der Waals surface area (Å²) in [4.78, 5) is 4.41. The SMILES string of the molecule is CSC1=C(O)ONN1. The van der Waals surface area contributed by atoms with Crippen molar-refractivity contribution >= 4 is 11.8 Å². The van der Waals surface area contributed by atoms with E-state index in [0.29, 0.717) is 5.03 Å². The molecule has 0 aliphatic carbocycles. The summed E-state index contributed by atoms with van der Waals surface area (Å²) < 4.78 is 0. The van der Waals surface area contributed by atoms with Crippen molar-refractivity contribution in [1.82, 2.24) is 11.0 Å². The third kappa shape index (κ3) is 0.823. The first-order valence-electron chi connectivity index (χ1n) is 1.99. The van der Waals surface area contributed by atoms with Crippen molar-refractivity contribution in [2.75, 3.05) is 6.26 Å². The zero-order valence-electron chi connectivity index (χ0n) is 4.26. The van der Waals surface area contributed by atoms with Gasteiger partial charge in [-0.15, -0.1) is 11.8 Å². The second-order valence-electron chi connectivity index (χ2n) is 1.17. The van der Waals surface area contributed by atoms with Crippen LogP contribution in [0.2, 0.25) is 0 Å². The Bertz CT molecular complexity index is 124. The van der Waals surface area contributed by atoms with E-state index in [9.17, 15) is 0 Å². The maximum absolute atomic E-state index is 8.70. The Balaban J connectivity index is 2.58. The van der Waals surface area contributed by atoms with Crippen LogP contribution in [0.25, 0.3) is 0 Å². The minimum absolute atomic E-state index is 0.0995. The van der Waals surface area contributed by atoms with Gasteiger partial charge in [0, 0.05) is 0 Å². The molecule has 0 fully saturated rings. The molecule has 1 aliphatic heterocycles. The number of aliphatic hydroxyl groups excluding tert-OH is 1. The fraction of sp³-hybridized carbons (Fsp3) is 0.333. The third-order valence-electron chi connectivity index (χ3n) is 0.711. The third-order valence-corrected chi connectivity index (χ3v) is 1.40. The average molecular weight is 134 g/mol. The summed E-state index contributed by atoms with van der Waals surface area (Å²) in [5.41, 5.74) is 4.85. The smallest absolute Gasteiger partial charge is 0.331 e. The average Bonchev–Trinajstić information content (AvgIpc) is 2.14. The summed E-state index contributed by atoms with van der Waals surface area (Å²) in [6, 6.07) is 0. The van der Waals surface area contributed by atoms with Gasteiger partial charge in [-0.05, 0) is 6.26 Å². The van der Waals surface area contributed by atoms with Crippen LogP contribution >= 0.6 is 11.8 Å². The second kappa shape index (κ2) is 2.15. The zero-order valence-corrected chi connectivity index (χ0v) is 5.08. The highest BCUT2D eigenvalue weighted by molar-refractivity contribution is 8.02. The lowest BCUT2D eigenvalue weighted by Crippen LogP contribution is -2.21. The van der Waals surface area contributed by atoms with E-state index in [-0.39, 0.29) is 5.95 Å². The van der Waals surface area contributed by atoms with Crippen LogP contribution < -0.4 is 11.0 Å². The molecule has 0 atom stereocenters. The quantitative estimate of drug-likeness (QED) is 0.474. The fourth-order valence-corrected chi connectivity index (χ4v) is 0.718. The van der Waals surface area contributed by atoms with Gasteiger partial charge in [-0.2, -0.15) is 0 Å². The number of hydrazine groups is 1. The van der Waals surface area contributed by atoms with Crippen molar-refractivity contribution < 1.29 is 9.94 Å². The molecule has 5 heteroatoms. The van der Waals surface area contributed by atoms with Crippen LogP contribution in [0.3, 0.4) is 0 Å². The van der Waals surface area contributed by atoms with E-state index in [1.165, 1.54) is 11.8 Å². The van der Waals surface area contributed by atoms with E-state index in [2.05, 4.69) is 15.9 Å². The molecule has 1 aliphatic rings. The van der Waals surface area contributed by atoms with Crippen molar-refractivity contribution in [3.05, 3.63) is 11.0 Å². The largest absolute Gasteiger partial charge is 0.478 e. The van der Waals surface area contributed by atoms with Gasteiger partial charge in [0.05, 0.1) is 0 Å². The maximum atomic E-state index is 8.70. The van der Waals surface area contributed by atoms with E-state index in [1.807, 2.05) is 6.26 Å². The van der Waals surface area contributed by atoms with Gasteiger partial charge in [-0.3, -0.25) is 5.43 Å². The first-order chi connectivity index (χ1) is 3.84. The molecule has 0 spiro atoms. The molecule has 0 radical (unpaired) electrons. The van der Waals surface area contributed by atoms with Crippen LogP contribution in [0, 0.1) is 0 Å². The Kier molecular flexibility index (Phi) is 1.50. The van der Waals surface area contributed by atoms with Crippen molar-refractivity contribution in [2.45, 2.75) is 0 Å². The van der Waals surface area contributed by atoms with Crippen LogP contribution in [0.5, 0.6) is 0 Å². The summed E-state index contributed by atoms with van der Waals surface area (Å²) >= 11 is 1.37. The summed E-state index contributed by atoms with van der Waals surface area (Å²) in [5, 5.41) is 9.30. The summed E-state index contributed by atoms with van der Waals surface area (Å²) in [6.07, 6.45) is 1.83. The molecule has 0 saturated carbocycles. The van der Waals surface area contributed by atoms with Gasteiger partial charge in [-0.1, -0.05) is 5.59 Å². The van der Waals surface area contributed by atoms with E-state index in [4.69, 9.17) is 5.11 Å². The van der Waals surface area contributed by atoms with Gasteiger partial charge in [0.2, 0.25) is 0 Å². The van der Waals surface area contributed by atoms with Crippen LogP contribution in [-0.2, 0) is 4.84 Å². The van der Waals surface area contributed by atoms with E-state index in [0.717, 1.165) is 0 Å². The van der Waals surface area contributed by atoms with Crippen molar-refractivity contribution in [1.29, 1.82) is 0 Å². The molecular weight excluding hydrogens is 128 g/mol. The molecule has 0 amide bonds. The zero-order chi connectivity index (χ0) is 5.98. The number of aliphatic hydroxyl groups is 1. The monoisotopic (exact) mass is 134 g/mol. The Labute approximate surface area is 50.8 Å². The van der Waals surface area contributed by atoms with Crippen LogP contribution in [0.1, 0.15) is 0 Å². The lowest BCUT2D eigenvalue weighted by molar-refractivity contribution is 0.0349. The van der Waals surface area contributed by atoms with Gasteiger partial charge in [-0.25, -0.2) is 0 Å². The predicted molar refractivity (Wildman–Crippen MR) is 30.5 cm³/mol. The summed E-state index contributed by atoms with van der Waals surface area (Å²) in [5.74, 6) is -0.0995. The highest BCUT2D eigenvalue weighted by atomic mass is 32.2. The van der Waals surface area contributed by atoms with Gasteiger partial charge < -0.3 is 9.94 Å². The van der Waals surface area contributed by atoms with Crippen molar-refractivity contribution in [3.8, 4) is 0 Å². The van der Waals surface area contributed by atoms with Crippen molar-refractivity contribution in [2.24, 2.45) is 0 Å². The van der Waals surface area contributed by atoms with Gasteiger partial charge >= 0.3 is 5.95 Å². The molecule has 4 nitrogen and oxygen atoms in total. The molecule has 0 saturated heterocycles.